The first-order chi connectivity index (χ1) is 8.81. The molecule has 4 heteroatoms. The van der Waals surface area contributed by atoms with Crippen LogP contribution in [0.3, 0.4) is 0 Å². The normalized spacial score (nSPS) is 20.3. The Morgan fingerprint density at radius 2 is 2.39 bits per heavy atom. The van der Waals surface area contributed by atoms with Crippen LogP contribution in [0.5, 0.6) is 0 Å². The summed E-state index contributed by atoms with van der Waals surface area (Å²) in [6.45, 7) is 1.36. The fraction of sp³-hybridized carbons (Fsp3) is 0.429. The zero-order valence-corrected chi connectivity index (χ0v) is 10.5. The fourth-order valence-electron chi connectivity index (χ4n) is 2.26. The van der Waals surface area contributed by atoms with E-state index in [0.29, 0.717) is 6.54 Å². The topological polar surface area (TPSA) is 59.2 Å². The fourth-order valence-corrected chi connectivity index (χ4v) is 2.26. The molecule has 1 aromatic heterocycles. The van der Waals surface area contributed by atoms with Gasteiger partial charge in [0.05, 0.1) is 5.69 Å². The van der Waals surface area contributed by atoms with Crippen molar-refractivity contribution in [3.8, 4) is 0 Å². The average molecular weight is 245 g/mol. The van der Waals surface area contributed by atoms with Crippen LogP contribution in [0.2, 0.25) is 0 Å². The average Bonchev–Trinajstić information content (AvgIpc) is 2.45. The molecule has 1 aliphatic heterocycles. The molecule has 1 unspecified atom stereocenters. The lowest BCUT2D eigenvalue weighted by atomic mass is 10.0. The lowest BCUT2D eigenvalue weighted by molar-refractivity contribution is -0.129. The molecule has 0 bridgehead atoms. The van der Waals surface area contributed by atoms with Crippen molar-refractivity contribution < 1.29 is 4.79 Å². The monoisotopic (exact) mass is 245 g/mol. The minimum absolute atomic E-state index is 0.0378. The molecule has 1 aromatic rings. The molecular formula is C14H19N3O. The summed E-state index contributed by atoms with van der Waals surface area (Å²) in [5.74, 6) is 0.0378. The summed E-state index contributed by atoms with van der Waals surface area (Å²) >= 11 is 0. The molecule has 0 saturated carbocycles. The predicted molar refractivity (Wildman–Crippen MR) is 71.7 cm³/mol. The molecule has 2 rings (SSSR count). The van der Waals surface area contributed by atoms with Crippen LogP contribution in [0.4, 0.5) is 0 Å². The quantitative estimate of drug-likeness (QED) is 0.820. The summed E-state index contributed by atoms with van der Waals surface area (Å²) in [5, 5.41) is 0. The minimum atomic E-state index is 0.0378. The Morgan fingerprint density at radius 1 is 1.50 bits per heavy atom. The Bertz CT molecular complexity index is 416. The van der Waals surface area contributed by atoms with E-state index >= 15 is 0 Å². The van der Waals surface area contributed by atoms with Crippen LogP contribution in [-0.4, -0.2) is 34.9 Å². The Hall–Kier alpha value is -1.68. The Morgan fingerprint density at radius 3 is 3.11 bits per heavy atom. The van der Waals surface area contributed by atoms with E-state index in [4.69, 9.17) is 5.73 Å². The molecule has 0 aromatic carbocycles. The summed E-state index contributed by atoms with van der Waals surface area (Å²) in [6.07, 6.45) is 8.31. The van der Waals surface area contributed by atoms with Gasteiger partial charge in [0.25, 0.3) is 0 Å². The van der Waals surface area contributed by atoms with Gasteiger partial charge in [-0.3, -0.25) is 9.78 Å². The minimum Gasteiger partial charge on any atom is -0.335 e. The van der Waals surface area contributed by atoms with Crippen LogP contribution in [0.15, 0.2) is 30.5 Å². The van der Waals surface area contributed by atoms with Crippen molar-refractivity contribution in [3.63, 3.8) is 0 Å². The summed E-state index contributed by atoms with van der Waals surface area (Å²) in [6, 6.07) is 5.83. The van der Waals surface area contributed by atoms with Gasteiger partial charge in [-0.05, 0) is 37.5 Å². The number of hydrogen-bond donors (Lipinski definition) is 1. The number of amides is 1. The first-order valence-electron chi connectivity index (χ1n) is 6.41. The van der Waals surface area contributed by atoms with E-state index in [1.54, 1.807) is 18.3 Å². The molecule has 0 spiro atoms. The van der Waals surface area contributed by atoms with Crippen molar-refractivity contribution in [2.24, 2.45) is 5.73 Å². The second-order valence-corrected chi connectivity index (χ2v) is 4.50. The van der Waals surface area contributed by atoms with Gasteiger partial charge < -0.3 is 10.6 Å². The Labute approximate surface area is 108 Å². The standard InChI is InChI=1S/C14H19N3O/c15-11-13-6-2-4-10-17(13)14(18)8-7-12-5-1-3-9-16-12/h1,3,5,7-9,13H,2,4,6,10-11,15H2. The van der Waals surface area contributed by atoms with Gasteiger partial charge in [-0.25, -0.2) is 0 Å². The number of carbonyl (C=O) groups is 1. The van der Waals surface area contributed by atoms with Gasteiger partial charge in [-0.1, -0.05) is 6.07 Å². The highest BCUT2D eigenvalue weighted by Crippen LogP contribution is 2.16. The number of pyridine rings is 1. The van der Waals surface area contributed by atoms with Crippen molar-refractivity contribution in [2.75, 3.05) is 13.1 Å². The van der Waals surface area contributed by atoms with Crippen molar-refractivity contribution in [3.05, 3.63) is 36.2 Å². The highest BCUT2D eigenvalue weighted by Gasteiger charge is 2.23. The molecule has 1 fully saturated rings. The van der Waals surface area contributed by atoms with Gasteiger partial charge in [0.2, 0.25) is 5.91 Å². The van der Waals surface area contributed by atoms with Gasteiger partial charge in [-0.2, -0.15) is 0 Å². The number of hydrogen-bond acceptors (Lipinski definition) is 3. The summed E-state index contributed by atoms with van der Waals surface area (Å²) in [5.41, 5.74) is 6.51. The number of carbonyl (C=O) groups excluding carboxylic acids is 1. The molecule has 1 aliphatic rings. The largest absolute Gasteiger partial charge is 0.335 e. The number of rotatable bonds is 3. The van der Waals surface area contributed by atoms with Crippen LogP contribution in [0.1, 0.15) is 25.0 Å². The molecule has 1 saturated heterocycles. The SMILES string of the molecule is NCC1CCCCN1C(=O)C=Cc1ccccn1. The number of piperidine rings is 1. The van der Waals surface area contributed by atoms with Crippen LogP contribution in [0.25, 0.3) is 6.08 Å². The number of likely N-dealkylation sites (tertiary alicyclic amines) is 1. The summed E-state index contributed by atoms with van der Waals surface area (Å²) in [4.78, 5) is 18.1. The van der Waals surface area contributed by atoms with E-state index in [-0.39, 0.29) is 11.9 Å². The van der Waals surface area contributed by atoms with Crippen molar-refractivity contribution >= 4 is 12.0 Å². The maximum Gasteiger partial charge on any atom is 0.246 e. The lowest BCUT2D eigenvalue weighted by Gasteiger charge is -2.34. The van der Waals surface area contributed by atoms with E-state index < -0.39 is 0 Å². The molecular weight excluding hydrogens is 226 g/mol. The maximum absolute atomic E-state index is 12.1. The van der Waals surface area contributed by atoms with E-state index in [1.165, 1.54) is 0 Å². The molecule has 0 aliphatic carbocycles. The third kappa shape index (κ3) is 3.17. The maximum atomic E-state index is 12.1. The third-order valence-electron chi connectivity index (χ3n) is 3.27. The number of nitrogens with zero attached hydrogens (tertiary/aromatic N) is 2. The van der Waals surface area contributed by atoms with E-state index in [2.05, 4.69) is 4.98 Å². The second kappa shape index (κ2) is 6.31. The molecule has 2 heterocycles. The Balaban J connectivity index is 2.00. The molecule has 2 N–H and O–H groups in total. The van der Waals surface area contributed by atoms with Crippen molar-refractivity contribution in [1.82, 2.24) is 9.88 Å². The predicted octanol–water partition coefficient (Wildman–Crippen LogP) is 1.43. The van der Waals surface area contributed by atoms with Gasteiger partial charge in [0.15, 0.2) is 0 Å². The van der Waals surface area contributed by atoms with Gasteiger partial charge >= 0.3 is 0 Å². The zero-order valence-electron chi connectivity index (χ0n) is 10.5. The van der Waals surface area contributed by atoms with Crippen molar-refractivity contribution in [1.29, 1.82) is 0 Å². The van der Waals surface area contributed by atoms with Crippen LogP contribution < -0.4 is 5.73 Å². The highest BCUT2D eigenvalue weighted by molar-refractivity contribution is 5.91. The van der Waals surface area contributed by atoms with Crippen LogP contribution in [0, 0.1) is 0 Å². The third-order valence-corrected chi connectivity index (χ3v) is 3.27. The molecule has 4 nitrogen and oxygen atoms in total. The molecule has 1 atom stereocenters. The van der Waals surface area contributed by atoms with Crippen LogP contribution in [-0.2, 0) is 4.79 Å². The lowest BCUT2D eigenvalue weighted by Crippen LogP contribution is -2.46. The summed E-state index contributed by atoms with van der Waals surface area (Å²) < 4.78 is 0. The molecule has 0 radical (unpaired) electrons. The van der Waals surface area contributed by atoms with Crippen LogP contribution >= 0.6 is 0 Å². The van der Waals surface area contributed by atoms with Gasteiger partial charge in [0, 0.05) is 31.4 Å². The number of aromatic nitrogens is 1. The van der Waals surface area contributed by atoms with Gasteiger partial charge in [0.1, 0.15) is 0 Å². The van der Waals surface area contributed by atoms with Crippen molar-refractivity contribution in [2.45, 2.75) is 25.3 Å². The highest BCUT2D eigenvalue weighted by atomic mass is 16.2. The van der Waals surface area contributed by atoms with E-state index in [9.17, 15) is 4.79 Å². The second-order valence-electron chi connectivity index (χ2n) is 4.50. The van der Waals surface area contributed by atoms with E-state index in [0.717, 1.165) is 31.5 Å². The Kier molecular flexibility index (Phi) is 4.47. The van der Waals surface area contributed by atoms with E-state index in [1.807, 2.05) is 23.1 Å². The molecule has 1 amide bonds. The molecule has 18 heavy (non-hydrogen) atoms. The summed E-state index contributed by atoms with van der Waals surface area (Å²) in [7, 11) is 0. The number of nitrogens with two attached hydrogens (primary N) is 1. The first-order valence-corrected chi connectivity index (χ1v) is 6.41. The molecule has 96 valence electrons. The smallest absolute Gasteiger partial charge is 0.246 e. The first kappa shape index (κ1) is 12.8. The zero-order chi connectivity index (χ0) is 12.8. The van der Waals surface area contributed by atoms with Gasteiger partial charge in [-0.15, -0.1) is 0 Å².